The van der Waals surface area contributed by atoms with Gasteiger partial charge in [0.2, 0.25) is 5.91 Å². The Balaban J connectivity index is 1.73. The molecule has 1 aromatic heterocycles. The fourth-order valence-electron chi connectivity index (χ4n) is 4.36. The van der Waals surface area contributed by atoms with Crippen LogP contribution in [0.2, 0.25) is 0 Å². The number of aromatic nitrogens is 1. The van der Waals surface area contributed by atoms with E-state index in [0.717, 1.165) is 26.2 Å². The van der Waals surface area contributed by atoms with Crippen molar-refractivity contribution in [2.45, 2.75) is 63.5 Å². The van der Waals surface area contributed by atoms with Gasteiger partial charge in [0.25, 0.3) is 5.92 Å². The molecule has 158 valence electrons. The summed E-state index contributed by atoms with van der Waals surface area (Å²) in [5.74, 6) is -6.51. The van der Waals surface area contributed by atoms with Crippen molar-refractivity contribution in [3.05, 3.63) is 30.1 Å². The number of nitrogens with one attached hydrogen (secondary N) is 1. The van der Waals surface area contributed by atoms with E-state index in [-0.39, 0.29) is 6.42 Å². The third kappa shape index (κ3) is 4.54. The summed E-state index contributed by atoms with van der Waals surface area (Å²) in [6.45, 7) is 0.741. The normalized spacial score (nSPS) is 24.0. The van der Waals surface area contributed by atoms with Crippen molar-refractivity contribution in [3.63, 3.8) is 0 Å². The molecule has 3 rings (SSSR count). The number of halogens is 2. The molecule has 0 radical (unpaired) electrons. The highest BCUT2D eigenvalue weighted by Gasteiger charge is 2.55. The van der Waals surface area contributed by atoms with Crippen LogP contribution in [-0.4, -0.2) is 50.9 Å². The van der Waals surface area contributed by atoms with Gasteiger partial charge in [0.15, 0.2) is 6.04 Å². The Morgan fingerprint density at radius 1 is 1.28 bits per heavy atom. The van der Waals surface area contributed by atoms with Crippen molar-refractivity contribution >= 4 is 17.9 Å². The summed E-state index contributed by atoms with van der Waals surface area (Å²) in [5, 5.41) is 11.8. The number of hydrogen-bond donors (Lipinski definition) is 2. The van der Waals surface area contributed by atoms with Crippen LogP contribution in [0.15, 0.2) is 24.5 Å². The number of amides is 3. The number of urea groups is 1. The molecular formula is C20H25F2N3O4. The molecule has 7 nitrogen and oxygen atoms in total. The zero-order valence-electron chi connectivity index (χ0n) is 16.2. The summed E-state index contributed by atoms with van der Waals surface area (Å²) in [5.41, 5.74) is 0.713. The van der Waals surface area contributed by atoms with Crippen LogP contribution in [0.5, 0.6) is 0 Å². The van der Waals surface area contributed by atoms with Crippen LogP contribution in [-0.2, 0) is 16.0 Å². The first-order valence-corrected chi connectivity index (χ1v) is 9.83. The SMILES string of the molecule is CC(F)(F)[C@@H](NC(=O)N1C(=O)[C@H](Cc2ccncc2)[C@H]1C(=O)O)C1CCCCC1. The average Bonchev–Trinajstić information content (AvgIpc) is 2.68. The first kappa shape index (κ1) is 21.1. The van der Waals surface area contributed by atoms with Crippen molar-refractivity contribution in [3.8, 4) is 0 Å². The first-order chi connectivity index (χ1) is 13.7. The summed E-state index contributed by atoms with van der Waals surface area (Å²) in [7, 11) is 0. The maximum absolute atomic E-state index is 14.2. The molecule has 3 amide bonds. The molecule has 0 spiro atoms. The number of rotatable bonds is 6. The van der Waals surface area contributed by atoms with Crippen molar-refractivity contribution in [1.29, 1.82) is 0 Å². The maximum Gasteiger partial charge on any atom is 0.327 e. The Hall–Kier alpha value is -2.58. The van der Waals surface area contributed by atoms with Crippen molar-refractivity contribution in [2.75, 3.05) is 0 Å². The van der Waals surface area contributed by atoms with Gasteiger partial charge in [0.1, 0.15) is 0 Å². The number of likely N-dealkylation sites (tertiary alicyclic amines) is 1. The Labute approximate surface area is 167 Å². The monoisotopic (exact) mass is 409 g/mol. The van der Waals surface area contributed by atoms with Gasteiger partial charge in [-0.05, 0) is 42.9 Å². The molecule has 9 heteroatoms. The predicted octanol–water partition coefficient (Wildman–Crippen LogP) is 2.85. The number of pyridine rings is 1. The van der Waals surface area contributed by atoms with Crippen molar-refractivity contribution in [2.24, 2.45) is 11.8 Å². The Morgan fingerprint density at radius 3 is 2.45 bits per heavy atom. The van der Waals surface area contributed by atoms with Crippen LogP contribution in [0.4, 0.5) is 13.6 Å². The van der Waals surface area contributed by atoms with Crippen LogP contribution in [0.25, 0.3) is 0 Å². The largest absolute Gasteiger partial charge is 0.480 e. The Morgan fingerprint density at radius 2 is 1.90 bits per heavy atom. The lowest BCUT2D eigenvalue weighted by molar-refractivity contribution is -0.165. The number of nitrogens with zero attached hydrogens (tertiary/aromatic N) is 2. The lowest BCUT2D eigenvalue weighted by Crippen LogP contribution is -2.70. The van der Waals surface area contributed by atoms with E-state index in [1.54, 1.807) is 12.1 Å². The molecule has 1 saturated heterocycles. The highest BCUT2D eigenvalue weighted by Crippen LogP contribution is 2.35. The highest BCUT2D eigenvalue weighted by atomic mass is 19.3. The molecule has 0 bridgehead atoms. The zero-order valence-corrected chi connectivity index (χ0v) is 16.2. The third-order valence-electron chi connectivity index (χ3n) is 5.84. The van der Waals surface area contributed by atoms with E-state index in [0.29, 0.717) is 23.3 Å². The number of β-lactam (4-membered cyclic amide) rings is 1. The number of aliphatic carboxylic acids is 1. The summed E-state index contributed by atoms with van der Waals surface area (Å²) >= 11 is 0. The van der Waals surface area contributed by atoms with Crippen LogP contribution in [0.1, 0.15) is 44.6 Å². The van der Waals surface area contributed by atoms with Crippen molar-refractivity contribution in [1.82, 2.24) is 15.2 Å². The van der Waals surface area contributed by atoms with Gasteiger partial charge in [-0.1, -0.05) is 19.3 Å². The minimum absolute atomic E-state index is 0.137. The number of hydrogen-bond acceptors (Lipinski definition) is 4. The number of carboxylic acid groups (broad SMARTS) is 1. The third-order valence-corrected chi connectivity index (χ3v) is 5.84. The molecule has 2 fully saturated rings. The molecule has 2 N–H and O–H groups in total. The number of imide groups is 1. The van der Waals surface area contributed by atoms with Crippen LogP contribution in [0, 0.1) is 11.8 Å². The number of carbonyl (C=O) groups excluding carboxylic acids is 2. The van der Waals surface area contributed by atoms with Crippen LogP contribution < -0.4 is 5.32 Å². The topological polar surface area (TPSA) is 99.6 Å². The second-order valence-corrected chi connectivity index (χ2v) is 7.94. The molecule has 0 unspecified atom stereocenters. The van der Waals surface area contributed by atoms with E-state index in [2.05, 4.69) is 10.3 Å². The predicted molar refractivity (Wildman–Crippen MR) is 99.2 cm³/mol. The molecular weight excluding hydrogens is 384 g/mol. The minimum Gasteiger partial charge on any atom is -0.480 e. The molecule has 29 heavy (non-hydrogen) atoms. The molecule has 1 aromatic rings. The molecule has 1 aliphatic carbocycles. The van der Waals surface area contributed by atoms with E-state index in [1.807, 2.05) is 0 Å². The summed E-state index contributed by atoms with van der Waals surface area (Å²) < 4.78 is 28.4. The average molecular weight is 409 g/mol. The summed E-state index contributed by atoms with van der Waals surface area (Å²) in [6.07, 6.45) is 6.90. The fourth-order valence-corrected chi connectivity index (χ4v) is 4.36. The van der Waals surface area contributed by atoms with E-state index >= 15 is 0 Å². The minimum atomic E-state index is -3.18. The smallest absolute Gasteiger partial charge is 0.327 e. The van der Waals surface area contributed by atoms with Gasteiger partial charge in [-0.2, -0.15) is 0 Å². The van der Waals surface area contributed by atoms with Gasteiger partial charge < -0.3 is 10.4 Å². The lowest BCUT2D eigenvalue weighted by atomic mass is 9.81. The van der Waals surface area contributed by atoms with Gasteiger partial charge >= 0.3 is 12.0 Å². The first-order valence-electron chi connectivity index (χ1n) is 9.83. The maximum atomic E-state index is 14.2. The number of alkyl halides is 2. The Bertz CT molecular complexity index is 763. The van der Waals surface area contributed by atoms with E-state index in [9.17, 15) is 28.3 Å². The van der Waals surface area contributed by atoms with E-state index < -0.39 is 47.7 Å². The second kappa shape index (κ2) is 8.42. The summed E-state index contributed by atoms with van der Waals surface area (Å²) in [4.78, 5) is 41.3. The Kier molecular flexibility index (Phi) is 6.14. The van der Waals surface area contributed by atoms with Gasteiger partial charge in [0.05, 0.1) is 12.0 Å². The molecule has 0 aromatic carbocycles. The fraction of sp³-hybridized carbons (Fsp3) is 0.600. The van der Waals surface area contributed by atoms with Gasteiger partial charge in [0, 0.05) is 19.3 Å². The van der Waals surface area contributed by atoms with Crippen LogP contribution in [0.3, 0.4) is 0 Å². The van der Waals surface area contributed by atoms with E-state index in [1.165, 1.54) is 12.4 Å². The highest BCUT2D eigenvalue weighted by molar-refractivity contribution is 6.07. The summed E-state index contributed by atoms with van der Waals surface area (Å²) in [6, 6.07) is -0.562. The zero-order chi connectivity index (χ0) is 21.2. The van der Waals surface area contributed by atoms with Gasteiger partial charge in [-0.15, -0.1) is 0 Å². The van der Waals surface area contributed by atoms with E-state index in [4.69, 9.17) is 0 Å². The van der Waals surface area contributed by atoms with Gasteiger partial charge in [-0.3, -0.25) is 9.78 Å². The molecule has 2 aliphatic rings. The van der Waals surface area contributed by atoms with Crippen molar-refractivity contribution < 1.29 is 28.3 Å². The number of carbonyl (C=O) groups is 3. The second-order valence-electron chi connectivity index (χ2n) is 7.94. The number of carboxylic acids is 1. The van der Waals surface area contributed by atoms with Crippen LogP contribution >= 0.6 is 0 Å². The quantitative estimate of drug-likeness (QED) is 0.704. The molecule has 2 heterocycles. The standard InChI is InChI=1S/C20H25F2N3O4/c1-20(21,22)16(13-5-3-2-4-6-13)24-19(29)25-15(18(27)28)14(17(25)26)11-12-7-9-23-10-8-12/h7-10,13-16H,2-6,11H2,1H3,(H,24,29)(H,27,28)/t14-,15+,16+/m1/s1. The molecule has 1 aliphatic heterocycles. The van der Waals surface area contributed by atoms with Gasteiger partial charge in [-0.25, -0.2) is 23.3 Å². The molecule has 3 atom stereocenters. The lowest BCUT2D eigenvalue weighted by Gasteiger charge is -2.44. The molecule has 1 saturated carbocycles.